The van der Waals surface area contributed by atoms with E-state index in [4.69, 9.17) is 10.8 Å². The van der Waals surface area contributed by atoms with Crippen molar-refractivity contribution in [2.24, 2.45) is 11.7 Å². The van der Waals surface area contributed by atoms with Crippen LogP contribution in [0, 0.1) is 5.92 Å². The average molecular weight is 212 g/mol. The van der Waals surface area contributed by atoms with Crippen molar-refractivity contribution in [1.82, 2.24) is 4.90 Å². The first-order chi connectivity index (χ1) is 7.19. The highest BCUT2D eigenvalue weighted by Gasteiger charge is 2.30. The summed E-state index contributed by atoms with van der Waals surface area (Å²) >= 11 is 0. The predicted octanol–water partition coefficient (Wildman–Crippen LogP) is 0.121. The summed E-state index contributed by atoms with van der Waals surface area (Å²) in [7, 11) is 0. The van der Waals surface area contributed by atoms with E-state index in [1.54, 1.807) is 11.0 Å². The SMILES string of the molecule is C=CCN(CCO)C(=O)CC(N)C1CC1. The zero-order valence-corrected chi connectivity index (χ0v) is 9.06. The largest absolute Gasteiger partial charge is 0.395 e. The molecule has 1 fully saturated rings. The van der Waals surface area contributed by atoms with Gasteiger partial charge in [0, 0.05) is 25.6 Å². The van der Waals surface area contributed by atoms with Gasteiger partial charge in [-0.1, -0.05) is 6.08 Å². The number of aliphatic hydroxyl groups is 1. The van der Waals surface area contributed by atoms with Crippen LogP contribution in [0.15, 0.2) is 12.7 Å². The van der Waals surface area contributed by atoms with Crippen LogP contribution in [0.3, 0.4) is 0 Å². The lowest BCUT2D eigenvalue weighted by molar-refractivity contribution is -0.131. The second-order valence-corrected chi connectivity index (χ2v) is 4.06. The molecule has 0 aromatic carbocycles. The summed E-state index contributed by atoms with van der Waals surface area (Å²) in [5, 5.41) is 8.81. The van der Waals surface area contributed by atoms with E-state index >= 15 is 0 Å². The Kier molecular flexibility index (Phi) is 4.78. The highest BCUT2D eigenvalue weighted by Crippen LogP contribution is 2.32. The zero-order chi connectivity index (χ0) is 11.3. The van der Waals surface area contributed by atoms with Gasteiger partial charge < -0.3 is 15.7 Å². The molecule has 3 N–H and O–H groups in total. The maximum Gasteiger partial charge on any atom is 0.224 e. The summed E-state index contributed by atoms with van der Waals surface area (Å²) in [5.41, 5.74) is 5.87. The molecule has 0 aromatic heterocycles. The minimum atomic E-state index is -0.0156. The fraction of sp³-hybridized carbons (Fsp3) is 0.727. The number of nitrogens with zero attached hydrogens (tertiary/aromatic N) is 1. The zero-order valence-electron chi connectivity index (χ0n) is 9.06. The summed E-state index contributed by atoms with van der Waals surface area (Å²) in [5.74, 6) is 0.553. The fourth-order valence-corrected chi connectivity index (χ4v) is 1.62. The first-order valence-electron chi connectivity index (χ1n) is 5.44. The number of carbonyl (C=O) groups excluding carboxylic acids is 1. The van der Waals surface area contributed by atoms with Crippen molar-refractivity contribution in [1.29, 1.82) is 0 Å². The second-order valence-electron chi connectivity index (χ2n) is 4.06. The minimum Gasteiger partial charge on any atom is -0.395 e. The molecule has 0 radical (unpaired) electrons. The van der Waals surface area contributed by atoms with Gasteiger partial charge in [0.15, 0.2) is 0 Å². The lowest BCUT2D eigenvalue weighted by Gasteiger charge is -2.21. The number of aliphatic hydroxyl groups excluding tert-OH is 1. The molecular formula is C11H20N2O2. The Balaban J connectivity index is 2.35. The van der Waals surface area contributed by atoms with E-state index in [9.17, 15) is 4.79 Å². The maximum absolute atomic E-state index is 11.8. The molecule has 1 atom stereocenters. The average Bonchev–Trinajstić information content (AvgIpc) is 3.00. The van der Waals surface area contributed by atoms with Gasteiger partial charge in [-0.3, -0.25) is 4.79 Å². The molecular weight excluding hydrogens is 192 g/mol. The van der Waals surface area contributed by atoms with Crippen molar-refractivity contribution < 1.29 is 9.90 Å². The molecule has 86 valence electrons. The van der Waals surface area contributed by atoms with E-state index in [1.165, 1.54) is 0 Å². The summed E-state index contributed by atoms with van der Waals surface area (Å²) in [6, 6.07) is -0.0106. The molecule has 0 heterocycles. The minimum absolute atomic E-state index is 0.0106. The molecule has 0 aliphatic heterocycles. The molecule has 1 rings (SSSR count). The van der Waals surface area contributed by atoms with Crippen LogP contribution in [0.1, 0.15) is 19.3 Å². The van der Waals surface area contributed by atoms with Crippen LogP contribution < -0.4 is 5.73 Å². The number of nitrogens with two attached hydrogens (primary N) is 1. The monoisotopic (exact) mass is 212 g/mol. The number of carbonyl (C=O) groups is 1. The van der Waals surface area contributed by atoms with E-state index in [-0.39, 0.29) is 18.6 Å². The number of hydrogen-bond acceptors (Lipinski definition) is 3. The van der Waals surface area contributed by atoms with Crippen LogP contribution in [0.4, 0.5) is 0 Å². The van der Waals surface area contributed by atoms with Crippen LogP contribution in [0.5, 0.6) is 0 Å². The van der Waals surface area contributed by atoms with Crippen molar-refractivity contribution in [3.8, 4) is 0 Å². The Bertz CT molecular complexity index is 227. The number of amides is 1. The second kappa shape index (κ2) is 5.88. The Morgan fingerprint density at radius 1 is 1.67 bits per heavy atom. The molecule has 1 amide bonds. The number of hydrogen-bond donors (Lipinski definition) is 2. The van der Waals surface area contributed by atoms with Crippen LogP contribution in [0.2, 0.25) is 0 Å². The third-order valence-electron chi connectivity index (χ3n) is 2.71. The van der Waals surface area contributed by atoms with Crippen molar-refractivity contribution in [2.75, 3.05) is 19.7 Å². The van der Waals surface area contributed by atoms with Gasteiger partial charge in [0.25, 0.3) is 0 Å². The topological polar surface area (TPSA) is 66.6 Å². The van der Waals surface area contributed by atoms with Gasteiger partial charge in [-0.15, -0.1) is 6.58 Å². The Morgan fingerprint density at radius 3 is 2.80 bits per heavy atom. The summed E-state index contributed by atoms with van der Waals surface area (Å²) in [6.07, 6.45) is 4.35. The van der Waals surface area contributed by atoms with E-state index in [0.29, 0.717) is 25.4 Å². The molecule has 4 nitrogen and oxygen atoms in total. The summed E-state index contributed by atoms with van der Waals surface area (Å²) in [4.78, 5) is 13.3. The third-order valence-corrected chi connectivity index (χ3v) is 2.71. The van der Waals surface area contributed by atoms with Crippen molar-refractivity contribution in [3.63, 3.8) is 0 Å². The standard InChI is InChI=1S/C11H20N2O2/c1-2-5-13(6-7-14)11(15)8-10(12)9-3-4-9/h2,9-10,14H,1,3-8,12H2. The van der Waals surface area contributed by atoms with Gasteiger partial charge in [-0.05, 0) is 18.8 Å². The lowest BCUT2D eigenvalue weighted by Crippen LogP contribution is -2.38. The van der Waals surface area contributed by atoms with Gasteiger partial charge in [0.1, 0.15) is 0 Å². The lowest BCUT2D eigenvalue weighted by atomic mass is 10.1. The van der Waals surface area contributed by atoms with Gasteiger partial charge >= 0.3 is 0 Å². The smallest absolute Gasteiger partial charge is 0.224 e. The molecule has 0 bridgehead atoms. The summed E-state index contributed by atoms with van der Waals surface area (Å²) in [6.45, 7) is 4.42. The molecule has 1 aliphatic rings. The highest BCUT2D eigenvalue weighted by molar-refractivity contribution is 5.77. The molecule has 1 unspecified atom stereocenters. The van der Waals surface area contributed by atoms with Crippen LogP contribution in [-0.2, 0) is 4.79 Å². The van der Waals surface area contributed by atoms with Crippen molar-refractivity contribution in [3.05, 3.63) is 12.7 Å². The fourth-order valence-electron chi connectivity index (χ4n) is 1.62. The van der Waals surface area contributed by atoms with Gasteiger partial charge in [0.05, 0.1) is 6.61 Å². The van der Waals surface area contributed by atoms with Crippen LogP contribution in [-0.4, -0.2) is 41.7 Å². The van der Waals surface area contributed by atoms with Crippen LogP contribution >= 0.6 is 0 Å². The van der Waals surface area contributed by atoms with E-state index in [1.807, 2.05) is 0 Å². The molecule has 0 saturated heterocycles. The van der Waals surface area contributed by atoms with Crippen LogP contribution in [0.25, 0.3) is 0 Å². The van der Waals surface area contributed by atoms with Gasteiger partial charge in [0.2, 0.25) is 5.91 Å². The molecule has 1 saturated carbocycles. The number of rotatable bonds is 7. The van der Waals surface area contributed by atoms with Crippen molar-refractivity contribution >= 4 is 5.91 Å². The van der Waals surface area contributed by atoms with E-state index < -0.39 is 0 Å². The quantitative estimate of drug-likeness (QED) is 0.589. The van der Waals surface area contributed by atoms with E-state index in [0.717, 1.165) is 12.8 Å². The molecule has 0 aromatic rings. The first-order valence-corrected chi connectivity index (χ1v) is 5.44. The molecule has 1 aliphatic carbocycles. The first kappa shape index (κ1) is 12.2. The molecule has 0 spiro atoms. The molecule has 15 heavy (non-hydrogen) atoms. The Hall–Kier alpha value is -0.870. The maximum atomic E-state index is 11.8. The van der Waals surface area contributed by atoms with Gasteiger partial charge in [-0.25, -0.2) is 0 Å². The Morgan fingerprint density at radius 2 is 2.33 bits per heavy atom. The third kappa shape index (κ3) is 4.01. The predicted molar refractivity (Wildman–Crippen MR) is 59.2 cm³/mol. The normalized spacial score (nSPS) is 17.2. The Labute approximate surface area is 90.7 Å². The van der Waals surface area contributed by atoms with Crippen molar-refractivity contribution in [2.45, 2.75) is 25.3 Å². The molecule has 4 heteroatoms. The summed E-state index contributed by atoms with van der Waals surface area (Å²) < 4.78 is 0. The highest BCUT2D eigenvalue weighted by atomic mass is 16.3. The van der Waals surface area contributed by atoms with Gasteiger partial charge in [-0.2, -0.15) is 0 Å². The van der Waals surface area contributed by atoms with E-state index in [2.05, 4.69) is 6.58 Å².